The van der Waals surface area contributed by atoms with Gasteiger partial charge in [-0.2, -0.15) is 0 Å². The number of benzene rings is 2. The Bertz CT molecular complexity index is 1080. The van der Waals surface area contributed by atoms with Gasteiger partial charge in [0.2, 0.25) is 17.7 Å². The number of carbonyl (C=O) groups excluding carboxylic acids is 4. The Morgan fingerprint density at radius 1 is 1.00 bits per heavy atom. The van der Waals surface area contributed by atoms with E-state index in [2.05, 4.69) is 16.0 Å². The molecular weight excluding hydrogens is 460 g/mol. The summed E-state index contributed by atoms with van der Waals surface area (Å²) in [6.07, 6.45) is -0.276. The molecule has 192 valence electrons. The summed E-state index contributed by atoms with van der Waals surface area (Å²) < 4.78 is 5.14. The second-order valence-corrected chi connectivity index (χ2v) is 9.81. The molecule has 36 heavy (non-hydrogen) atoms. The topological polar surface area (TPSA) is 117 Å². The highest BCUT2D eigenvalue weighted by Crippen LogP contribution is 2.21. The Labute approximate surface area is 211 Å². The van der Waals surface area contributed by atoms with Crippen LogP contribution in [0.25, 0.3) is 0 Å². The zero-order chi connectivity index (χ0) is 26.1. The monoisotopic (exact) mass is 494 g/mol. The van der Waals surface area contributed by atoms with Crippen molar-refractivity contribution in [2.45, 2.75) is 52.3 Å². The lowest BCUT2D eigenvalue weighted by molar-refractivity contribution is -0.129. The Hall–Kier alpha value is -3.88. The summed E-state index contributed by atoms with van der Waals surface area (Å²) in [5.41, 5.74) is 1.84. The number of alkyl carbamates (subject to hydrolysis) is 1. The zero-order valence-electron chi connectivity index (χ0n) is 21.0. The predicted octanol–water partition coefficient (Wildman–Crippen LogP) is 3.20. The Morgan fingerprint density at radius 3 is 2.44 bits per heavy atom. The van der Waals surface area contributed by atoms with Gasteiger partial charge in [-0.1, -0.05) is 42.5 Å². The van der Waals surface area contributed by atoms with Crippen molar-refractivity contribution < 1.29 is 23.9 Å². The minimum absolute atomic E-state index is 0.0233. The normalized spacial score (nSPS) is 15.4. The van der Waals surface area contributed by atoms with Gasteiger partial charge in [-0.25, -0.2) is 4.79 Å². The molecule has 9 nitrogen and oxygen atoms in total. The number of hydrogen-bond acceptors (Lipinski definition) is 5. The highest BCUT2D eigenvalue weighted by atomic mass is 16.6. The van der Waals surface area contributed by atoms with Gasteiger partial charge in [-0.3, -0.25) is 14.4 Å². The molecular formula is C27H34N4O5. The van der Waals surface area contributed by atoms with Crippen molar-refractivity contribution in [3.8, 4) is 0 Å². The van der Waals surface area contributed by atoms with E-state index in [1.54, 1.807) is 43.9 Å². The SMILES string of the molecule is CC(C)(C)OC(=O)NCCC(=O)Nc1cccc(CNC(=O)C2CC(=O)N(Cc3ccccc3)C2)c1. The number of nitrogens with zero attached hydrogens (tertiary/aromatic N) is 1. The standard InChI is InChI=1S/C27H34N4O5/c1-27(2,3)36-26(35)28-13-12-23(32)30-22-11-7-10-20(14-22)16-29-25(34)21-15-24(33)31(18-21)17-19-8-5-4-6-9-19/h4-11,14,21H,12-13,15-18H2,1-3H3,(H,28,35)(H,29,34)(H,30,32). The zero-order valence-corrected chi connectivity index (χ0v) is 21.0. The fourth-order valence-electron chi connectivity index (χ4n) is 3.81. The van der Waals surface area contributed by atoms with Crippen LogP contribution in [-0.4, -0.2) is 47.4 Å². The molecule has 0 saturated carbocycles. The number of ether oxygens (including phenoxy) is 1. The van der Waals surface area contributed by atoms with Crippen molar-refractivity contribution in [3.05, 3.63) is 65.7 Å². The first-order chi connectivity index (χ1) is 17.1. The number of anilines is 1. The molecule has 9 heteroatoms. The van der Waals surface area contributed by atoms with Gasteiger partial charge < -0.3 is 25.6 Å². The van der Waals surface area contributed by atoms with E-state index in [9.17, 15) is 19.2 Å². The van der Waals surface area contributed by atoms with Crippen LogP contribution in [0.15, 0.2) is 54.6 Å². The maximum atomic E-state index is 12.7. The summed E-state index contributed by atoms with van der Waals surface area (Å²) in [7, 11) is 0. The van der Waals surface area contributed by atoms with Crippen molar-refractivity contribution in [2.75, 3.05) is 18.4 Å². The molecule has 0 spiro atoms. The van der Waals surface area contributed by atoms with Gasteiger partial charge in [0.05, 0.1) is 5.92 Å². The lowest BCUT2D eigenvalue weighted by atomic mass is 10.1. The molecule has 3 rings (SSSR count). The number of rotatable bonds is 9. The highest BCUT2D eigenvalue weighted by molar-refractivity contribution is 5.91. The number of likely N-dealkylation sites (tertiary alicyclic amines) is 1. The summed E-state index contributed by atoms with van der Waals surface area (Å²) >= 11 is 0. The smallest absolute Gasteiger partial charge is 0.407 e. The quantitative estimate of drug-likeness (QED) is 0.495. The lowest BCUT2D eigenvalue weighted by Crippen LogP contribution is -2.34. The molecule has 1 fully saturated rings. The van der Waals surface area contributed by atoms with Crippen LogP contribution in [0.3, 0.4) is 0 Å². The summed E-state index contributed by atoms with van der Waals surface area (Å²) in [6, 6.07) is 16.9. The lowest BCUT2D eigenvalue weighted by Gasteiger charge is -2.19. The molecule has 1 heterocycles. The molecule has 0 radical (unpaired) electrons. The molecule has 1 aliphatic rings. The minimum Gasteiger partial charge on any atom is -0.444 e. The molecule has 1 saturated heterocycles. The van der Waals surface area contributed by atoms with Crippen molar-refractivity contribution in [1.82, 2.24) is 15.5 Å². The molecule has 1 unspecified atom stereocenters. The first kappa shape index (κ1) is 26.7. The van der Waals surface area contributed by atoms with Gasteiger partial charge in [-0.15, -0.1) is 0 Å². The average molecular weight is 495 g/mol. The van der Waals surface area contributed by atoms with Gasteiger partial charge in [0.15, 0.2) is 0 Å². The summed E-state index contributed by atoms with van der Waals surface area (Å²) in [4.78, 5) is 50.6. The van der Waals surface area contributed by atoms with E-state index in [1.165, 1.54) is 0 Å². The van der Waals surface area contributed by atoms with Crippen LogP contribution in [0.5, 0.6) is 0 Å². The van der Waals surface area contributed by atoms with Crippen molar-refractivity contribution in [3.63, 3.8) is 0 Å². The van der Waals surface area contributed by atoms with Crippen LogP contribution >= 0.6 is 0 Å². The Morgan fingerprint density at radius 2 is 1.72 bits per heavy atom. The van der Waals surface area contributed by atoms with Gasteiger partial charge in [0.25, 0.3) is 0 Å². The van der Waals surface area contributed by atoms with Crippen molar-refractivity contribution in [2.24, 2.45) is 5.92 Å². The van der Waals surface area contributed by atoms with Crippen LogP contribution in [-0.2, 0) is 32.2 Å². The molecule has 1 aliphatic heterocycles. The van der Waals surface area contributed by atoms with Gasteiger partial charge in [-0.05, 0) is 44.0 Å². The maximum Gasteiger partial charge on any atom is 0.407 e. The molecule has 1 atom stereocenters. The second kappa shape index (κ2) is 12.2. The first-order valence-corrected chi connectivity index (χ1v) is 12.0. The fourth-order valence-corrected chi connectivity index (χ4v) is 3.81. The van der Waals surface area contributed by atoms with Crippen molar-refractivity contribution in [1.29, 1.82) is 0 Å². The van der Waals surface area contributed by atoms with E-state index in [1.807, 2.05) is 36.4 Å². The molecule has 4 amide bonds. The van der Waals surface area contributed by atoms with Crippen LogP contribution in [0.1, 0.15) is 44.7 Å². The Balaban J connectivity index is 1.42. The molecule has 0 aromatic heterocycles. The summed E-state index contributed by atoms with van der Waals surface area (Å²) in [6.45, 7) is 6.63. The third-order valence-corrected chi connectivity index (χ3v) is 5.50. The third kappa shape index (κ3) is 8.72. The fraction of sp³-hybridized carbons (Fsp3) is 0.407. The number of amides is 4. The number of carbonyl (C=O) groups is 4. The molecule has 0 aliphatic carbocycles. The third-order valence-electron chi connectivity index (χ3n) is 5.50. The number of nitrogens with one attached hydrogen (secondary N) is 3. The average Bonchev–Trinajstić information content (AvgIpc) is 3.17. The van der Waals surface area contributed by atoms with Crippen LogP contribution in [0, 0.1) is 5.92 Å². The van der Waals surface area contributed by atoms with E-state index < -0.39 is 11.7 Å². The van der Waals surface area contributed by atoms with E-state index in [0.29, 0.717) is 18.8 Å². The molecule has 0 bridgehead atoms. The van der Waals surface area contributed by atoms with E-state index >= 15 is 0 Å². The highest BCUT2D eigenvalue weighted by Gasteiger charge is 2.34. The molecule has 2 aromatic rings. The predicted molar refractivity (Wildman–Crippen MR) is 136 cm³/mol. The van der Waals surface area contributed by atoms with Gasteiger partial charge in [0.1, 0.15) is 5.60 Å². The van der Waals surface area contributed by atoms with Crippen molar-refractivity contribution >= 4 is 29.5 Å². The minimum atomic E-state index is -0.600. The summed E-state index contributed by atoms with van der Waals surface area (Å²) in [5, 5.41) is 8.24. The largest absolute Gasteiger partial charge is 0.444 e. The van der Waals surface area contributed by atoms with Crippen LogP contribution in [0.2, 0.25) is 0 Å². The number of hydrogen-bond donors (Lipinski definition) is 3. The maximum absolute atomic E-state index is 12.7. The molecule has 3 N–H and O–H groups in total. The van der Waals surface area contributed by atoms with E-state index in [0.717, 1.165) is 11.1 Å². The van der Waals surface area contributed by atoms with Gasteiger partial charge in [0, 0.05) is 44.7 Å². The summed E-state index contributed by atoms with van der Waals surface area (Å²) in [5.74, 6) is -0.830. The van der Waals surface area contributed by atoms with Crippen LogP contribution < -0.4 is 16.0 Å². The van der Waals surface area contributed by atoms with Crippen LogP contribution in [0.4, 0.5) is 10.5 Å². The molecule has 2 aromatic carbocycles. The second-order valence-electron chi connectivity index (χ2n) is 9.81. The van der Waals surface area contributed by atoms with Gasteiger partial charge >= 0.3 is 6.09 Å². The first-order valence-electron chi connectivity index (χ1n) is 12.0. The van der Waals surface area contributed by atoms with E-state index in [-0.39, 0.29) is 49.6 Å². The Kier molecular flexibility index (Phi) is 9.05. The van der Waals surface area contributed by atoms with E-state index in [4.69, 9.17) is 4.74 Å².